The summed E-state index contributed by atoms with van der Waals surface area (Å²) >= 11 is 0. The zero-order chi connectivity index (χ0) is 9.90. The lowest BCUT2D eigenvalue weighted by molar-refractivity contribution is 0.538. The van der Waals surface area contributed by atoms with Crippen molar-refractivity contribution in [3.8, 4) is 12.3 Å². The van der Waals surface area contributed by atoms with Gasteiger partial charge in [0.2, 0.25) is 0 Å². The molecule has 0 saturated heterocycles. The van der Waals surface area contributed by atoms with Crippen LogP contribution in [0.1, 0.15) is 25.0 Å². The Morgan fingerprint density at radius 2 is 2.00 bits per heavy atom. The van der Waals surface area contributed by atoms with Crippen LogP contribution in [0.3, 0.4) is 0 Å². The summed E-state index contributed by atoms with van der Waals surface area (Å²) in [4.78, 5) is 0. The molecule has 0 atom stereocenters. The first-order valence-electron chi connectivity index (χ1n) is 4.38. The van der Waals surface area contributed by atoms with Gasteiger partial charge >= 0.3 is 0 Å². The molecule has 1 nitrogen and oxygen atoms in total. The maximum absolute atomic E-state index is 5.69. The predicted molar refractivity (Wildman–Crippen MR) is 56.5 cm³/mol. The van der Waals surface area contributed by atoms with E-state index in [0.29, 0.717) is 6.54 Å². The van der Waals surface area contributed by atoms with Gasteiger partial charge in [0.25, 0.3) is 0 Å². The number of hydrogen-bond acceptors (Lipinski definition) is 1. The molecule has 0 bridgehead atoms. The number of terminal acetylenes is 1. The van der Waals surface area contributed by atoms with Crippen molar-refractivity contribution in [2.45, 2.75) is 19.3 Å². The quantitative estimate of drug-likeness (QED) is 0.679. The van der Waals surface area contributed by atoms with Crippen LogP contribution in [0.15, 0.2) is 24.3 Å². The van der Waals surface area contributed by atoms with Gasteiger partial charge in [-0.25, -0.2) is 0 Å². The van der Waals surface area contributed by atoms with Gasteiger partial charge in [-0.1, -0.05) is 38.0 Å². The van der Waals surface area contributed by atoms with Gasteiger partial charge in [0.05, 0.1) is 0 Å². The molecule has 0 fully saturated rings. The Bertz CT molecular complexity index is 331. The van der Waals surface area contributed by atoms with Crippen molar-refractivity contribution in [1.82, 2.24) is 0 Å². The zero-order valence-corrected chi connectivity index (χ0v) is 8.17. The molecule has 0 spiro atoms. The molecule has 0 radical (unpaired) electrons. The van der Waals surface area contributed by atoms with Crippen LogP contribution in [0.4, 0.5) is 0 Å². The second kappa shape index (κ2) is 3.64. The highest BCUT2D eigenvalue weighted by Gasteiger charge is 2.20. The molecule has 0 saturated carbocycles. The lowest BCUT2D eigenvalue weighted by atomic mass is 9.82. The van der Waals surface area contributed by atoms with E-state index in [0.717, 1.165) is 11.1 Å². The van der Waals surface area contributed by atoms with Gasteiger partial charge in [-0.05, 0) is 11.6 Å². The molecular formula is C12H15N. The lowest BCUT2D eigenvalue weighted by Gasteiger charge is -2.24. The van der Waals surface area contributed by atoms with Gasteiger partial charge < -0.3 is 5.73 Å². The summed E-state index contributed by atoms with van der Waals surface area (Å²) in [5, 5.41) is 0. The molecule has 0 aliphatic rings. The molecule has 1 aromatic carbocycles. The third-order valence-electron chi connectivity index (χ3n) is 2.32. The normalized spacial score (nSPS) is 10.9. The first kappa shape index (κ1) is 9.83. The molecule has 1 aromatic rings. The predicted octanol–water partition coefficient (Wildman–Crippen LogP) is 1.90. The largest absolute Gasteiger partial charge is 0.330 e. The zero-order valence-electron chi connectivity index (χ0n) is 8.17. The highest BCUT2D eigenvalue weighted by atomic mass is 14.6. The van der Waals surface area contributed by atoms with Crippen LogP contribution < -0.4 is 5.73 Å². The average Bonchev–Trinajstić information content (AvgIpc) is 2.18. The molecule has 0 unspecified atom stereocenters. The van der Waals surface area contributed by atoms with Gasteiger partial charge in [-0.2, -0.15) is 0 Å². The summed E-state index contributed by atoms with van der Waals surface area (Å²) < 4.78 is 0. The van der Waals surface area contributed by atoms with Crippen LogP contribution >= 0.6 is 0 Å². The molecule has 0 aliphatic heterocycles. The molecule has 0 heterocycles. The van der Waals surface area contributed by atoms with Crippen molar-refractivity contribution in [1.29, 1.82) is 0 Å². The Morgan fingerprint density at radius 3 is 2.54 bits per heavy atom. The van der Waals surface area contributed by atoms with E-state index in [1.807, 2.05) is 24.3 Å². The third kappa shape index (κ3) is 1.91. The standard InChI is InChI=1S/C12H15N/c1-4-10-7-5-6-8-11(10)12(2,3)9-13/h1,5-8H,9,13H2,2-3H3. The van der Waals surface area contributed by atoms with Crippen LogP contribution in [0.2, 0.25) is 0 Å². The van der Waals surface area contributed by atoms with E-state index in [2.05, 4.69) is 19.8 Å². The Balaban J connectivity index is 3.22. The maximum Gasteiger partial charge on any atom is 0.0280 e. The molecule has 2 N–H and O–H groups in total. The van der Waals surface area contributed by atoms with Crippen molar-refractivity contribution in [3.63, 3.8) is 0 Å². The number of hydrogen-bond donors (Lipinski definition) is 1. The van der Waals surface area contributed by atoms with Gasteiger partial charge in [0, 0.05) is 17.5 Å². The van der Waals surface area contributed by atoms with Crippen LogP contribution in [-0.4, -0.2) is 6.54 Å². The fraction of sp³-hybridized carbons (Fsp3) is 0.333. The Hall–Kier alpha value is -1.26. The first-order chi connectivity index (χ1) is 6.11. The van der Waals surface area contributed by atoms with Crippen molar-refractivity contribution < 1.29 is 0 Å². The monoisotopic (exact) mass is 173 g/mol. The van der Waals surface area contributed by atoms with Crippen LogP contribution in [0, 0.1) is 12.3 Å². The Kier molecular flexibility index (Phi) is 2.75. The lowest BCUT2D eigenvalue weighted by Crippen LogP contribution is -2.28. The minimum Gasteiger partial charge on any atom is -0.330 e. The molecule has 0 amide bonds. The van der Waals surface area contributed by atoms with E-state index in [-0.39, 0.29) is 5.41 Å². The van der Waals surface area contributed by atoms with Crippen molar-refractivity contribution >= 4 is 0 Å². The Morgan fingerprint density at radius 1 is 1.38 bits per heavy atom. The SMILES string of the molecule is C#Cc1ccccc1C(C)(C)CN. The van der Waals surface area contributed by atoms with Crippen LogP contribution in [0.5, 0.6) is 0 Å². The van der Waals surface area contributed by atoms with E-state index in [4.69, 9.17) is 12.2 Å². The fourth-order valence-corrected chi connectivity index (χ4v) is 1.31. The molecule has 0 aliphatic carbocycles. The van der Waals surface area contributed by atoms with E-state index in [1.165, 1.54) is 0 Å². The number of benzene rings is 1. The summed E-state index contributed by atoms with van der Waals surface area (Å²) in [6, 6.07) is 7.94. The topological polar surface area (TPSA) is 26.0 Å². The van der Waals surface area contributed by atoms with E-state index in [9.17, 15) is 0 Å². The molecule has 1 heteroatoms. The van der Waals surface area contributed by atoms with Gasteiger partial charge in [-0.3, -0.25) is 0 Å². The van der Waals surface area contributed by atoms with Gasteiger partial charge in [0.1, 0.15) is 0 Å². The third-order valence-corrected chi connectivity index (χ3v) is 2.32. The van der Waals surface area contributed by atoms with Crippen molar-refractivity contribution in [2.24, 2.45) is 5.73 Å². The smallest absolute Gasteiger partial charge is 0.0280 e. The van der Waals surface area contributed by atoms with E-state index >= 15 is 0 Å². The minimum atomic E-state index is -0.0387. The molecule has 0 aromatic heterocycles. The second-order valence-corrected chi connectivity index (χ2v) is 3.78. The molecule has 13 heavy (non-hydrogen) atoms. The summed E-state index contributed by atoms with van der Waals surface area (Å²) in [5.74, 6) is 2.68. The average molecular weight is 173 g/mol. The second-order valence-electron chi connectivity index (χ2n) is 3.78. The first-order valence-corrected chi connectivity index (χ1v) is 4.38. The highest BCUT2D eigenvalue weighted by molar-refractivity contribution is 5.43. The summed E-state index contributed by atoms with van der Waals surface area (Å²) in [6.45, 7) is 4.80. The van der Waals surface area contributed by atoms with Crippen molar-refractivity contribution in [2.75, 3.05) is 6.54 Å². The molecule has 1 rings (SSSR count). The maximum atomic E-state index is 5.69. The number of rotatable bonds is 2. The summed E-state index contributed by atoms with van der Waals surface area (Å²) in [7, 11) is 0. The summed E-state index contributed by atoms with van der Waals surface area (Å²) in [6.07, 6.45) is 5.41. The van der Waals surface area contributed by atoms with Crippen molar-refractivity contribution in [3.05, 3.63) is 35.4 Å². The number of nitrogens with two attached hydrogens (primary N) is 1. The van der Waals surface area contributed by atoms with Crippen LogP contribution in [0.25, 0.3) is 0 Å². The Labute approximate surface area is 80.0 Å². The minimum absolute atomic E-state index is 0.0387. The molecular weight excluding hydrogens is 158 g/mol. The van der Waals surface area contributed by atoms with E-state index in [1.54, 1.807) is 0 Å². The van der Waals surface area contributed by atoms with Crippen LogP contribution in [-0.2, 0) is 5.41 Å². The summed E-state index contributed by atoms with van der Waals surface area (Å²) in [5.41, 5.74) is 7.75. The van der Waals surface area contributed by atoms with Gasteiger partial charge in [0.15, 0.2) is 0 Å². The van der Waals surface area contributed by atoms with Gasteiger partial charge in [-0.15, -0.1) is 6.42 Å². The molecule has 68 valence electrons. The highest BCUT2D eigenvalue weighted by Crippen LogP contribution is 2.24. The van der Waals surface area contributed by atoms with E-state index < -0.39 is 0 Å². The fourth-order valence-electron chi connectivity index (χ4n) is 1.31.